The van der Waals surface area contributed by atoms with Crippen molar-refractivity contribution in [1.29, 1.82) is 0 Å². The van der Waals surface area contributed by atoms with Crippen LogP contribution in [0.2, 0.25) is 0 Å². The fourth-order valence-corrected chi connectivity index (χ4v) is 4.64. The van der Waals surface area contributed by atoms with Crippen LogP contribution in [0.4, 0.5) is 5.69 Å². The van der Waals surface area contributed by atoms with Gasteiger partial charge in [0.05, 0.1) is 0 Å². The molecule has 0 radical (unpaired) electrons. The quantitative estimate of drug-likeness (QED) is 0.863. The lowest BCUT2D eigenvalue weighted by Crippen LogP contribution is -2.51. The topological polar surface area (TPSA) is 69.7 Å². The Kier molecular flexibility index (Phi) is 5.17. The van der Waals surface area contributed by atoms with Gasteiger partial charge in [-0.15, -0.1) is 11.3 Å². The van der Waals surface area contributed by atoms with E-state index in [9.17, 15) is 14.4 Å². The fourth-order valence-electron chi connectivity index (χ4n) is 3.73. The number of nitrogens with one attached hydrogen (secondary N) is 1. The summed E-state index contributed by atoms with van der Waals surface area (Å²) >= 11 is 1.72. The molecule has 3 amide bonds. The highest BCUT2D eigenvalue weighted by molar-refractivity contribution is 7.10. The summed E-state index contributed by atoms with van der Waals surface area (Å²) in [5.41, 5.74) is 1.26. The second kappa shape index (κ2) is 7.75. The Morgan fingerprint density at radius 3 is 2.29 bits per heavy atom. The lowest BCUT2D eigenvalue weighted by molar-refractivity contribution is -0.134. The van der Waals surface area contributed by atoms with Crippen molar-refractivity contribution in [3.05, 3.63) is 52.2 Å². The average molecular weight is 398 g/mol. The number of thiophene rings is 1. The van der Waals surface area contributed by atoms with Gasteiger partial charge in [0.15, 0.2) is 0 Å². The highest BCUT2D eigenvalue weighted by atomic mass is 32.1. The molecule has 146 valence electrons. The first-order chi connectivity index (χ1) is 13.5. The molecule has 0 unspecified atom stereocenters. The van der Waals surface area contributed by atoms with Gasteiger partial charge in [0.25, 0.3) is 5.91 Å². The molecule has 1 aliphatic heterocycles. The molecule has 4 rings (SSSR count). The van der Waals surface area contributed by atoms with Crippen molar-refractivity contribution in [2.24, 2.45) is 5.92 Å². The van der Waals surface area contributed by atoms with Gasteiger partial charge < -0.3 is 15.1 Å². The number of hydrogen-bond donors (Lipinski definition) is 1. The van der Waals surface area contributed by atoms with Gasteiger partial charge in [-0.25, -0.2) is 0 Å². The Morgan fingerprint density at radius 2 is 1.68 bits per heavy atom. The minimum atomic E-state index is -0.142. The van der Waals surface area contributed by atoms with E-state index in [0.717, 1.165) is 6.42 Å². The SMILES string of the molecule is CC(=O)Nc1ccc(C(=O)N2CCN(C(=O)[C@H]3C[C@H]3c3cccs3)CC2)cc1. The minimum Gasteiger partial charge on any atom is -0.339 e. The van der Waals surface area contributed by atoms with Crippen molar-refractivity contribution in [1.82, 2.24) is 9.80 Å². The molecule has 2 aromatic rings. The Hall–Kier alpha value is -2.67. The molecule has 2 aliphatic rings. The first kappa shape index (κ1) is 18.7. The first-order valence-electron chi connectivity index (χ1n) is 9.52. The summed E-state index contributed by atoms with van der Waals surface area (Å²) in [4.78, 5) is 41.5. The van der Waals surface area contributed by atoms with E-state index in [1.807, 2.05) is 11.0 Å². The normalized spacial score (nSPS) is 21.3. The van der Waals surface area contributed by atoms with Crippen LogP contribution in [0, 0.1) is 5.92 Å². The molecule has 1 saturated carbocycles. The second-order valence-electron chi connectivity index (χ2n) is 7.34. The van der Waals surface area contributed by atoms with Gasteiger partial charge in [-0.05, 0) is 42.1 Å². The lowest BCUT2D eigenvalue weighted by Gasteiger charge is -2.35. The molecule has 0 bridgehead atoms. The van der Waals surface area contributed by atoms with E-state index in [1.54, 1.807) is 40.5 Å². The molecule has 2 fully saturated rings. The summed E-state index contributed by atoms with van der Waals surface area (Å²) in [6.45, 7) is 3.72. The molecule has 2 heterocycles. The third-order valence-electron chi connectivity index (χ3n) is 5.35. The van der Waals surface area contributed by atoms with Gasteiger partial charge in [-0.2, -0.15) is 0 Å². The standard InChI is InChI=1S/C21H23N3O3S/c1-14(25)22-16-6-4-15(5-7-16)20(26)23-8-10-24(11-9-23)21(27)18-13-17(18)19-3-2-12-28-19/h2-7,12,17-18H,8-11,13H2,1H3,(H,22,25)/t17-,18+/m1/s1. The van der Waals surface area contributed by atoms with Crippen LogP contribution in [-0.4, -0.2) is 53.7 Å². The summed E-state index contributed by atoms with van der Waals surface area (Å²) in [5, 5.41) is 4.75. The van der Waals surface area contributed by atoms with Gasteiger partial charge in [-0.3, -0.25) is 14.4 Å². The maximum atomic E-state index is 12.7. The van der Waals surface area contributed by atoms with Crippen LogP contribution in [0.1, 0.15) is 34.5 Å². The molecule has 1 aromatic carbocycles. The van der Waals surface area contributed by atoms with Gasteiger partial charge in [0.1, 0.15) is 0 Å². The van der Waals surface area contributed by atoms with Crippen molar-refractivity contribution in [2.75, 3.05) is 31.5 Å². The minimum absolute atomic E-state index is 0.0376. The van der Waals surface area contributed by atoms with Crippen molar-refractivity contribution in [3.8, 4) is 0 Å². The molecule has 1 aromatic heterocycles. The van der Waals surface area contributed by atoms with Gasteiger partial charge >= 0.3 is 0 Å². The van der Waals surface area contributed by atoms with Crippen LogP contribution in [0.5, 0.6) is 0 Å². The smallest absolute Gasteiger partial charge is 0.253 e. The van der Waals surface area contributed by atoms with Crippen molar-refractivity contribution >= 4 is 34.7 Å². The molecule has 0 spiro atoms. The van der Waals surface area contributed by atoms with Gasteiger partial charge in [0.2, 0.25) is 11.8 Å². The van der Waals surface area contributed by atoms with E-state index in [2.05, 4.69) is 16.8 Å². The molecule has 6 nitrogen and oxygen atoms in total. The molecule has 28 heavy (non-hydrogen) atoms. The van der Waals surface area contributed by atoms with Crippen LogP contribution in [0.25, 0.3) is 0 Å². The third-order valence-corrected chi connectivity index (χ3v) is 6.35. The number of carbonyl (C=O) groups is 3. The number of hydrogen-bond acceptors (Lipinski definition) is 4. The molecule has 1 N–H and O–H groups in total. The summed E-state index contributed by atoms with van der Waals surface area (Å²) in [6, 6.07) is 11.0. The number of anilines is 1. The zero-order valence-corrected chi connectivity index (χ0v) is 16.6. The zero-order chi connectivity index (χ0) is 19.7. The Balaban J connectivity index is 1.29. The van der Waals surface area contributed by atoms with E-state index in [0.29, 0.717) is 43.3 Å². The van der Waals surface area contributed by atoms with Crippen LogP contribution in [0.3, 0.4) is 0 Å². The van der Waals surface area contributed by atoms with Crippen LogP contribution < -0.4 is 5.32 Å². The maximum Gasteiger partial charge on any atom is 0.253 e. The Labute approximate surface area is 168 Å². The predicted molar refractivity (Wildman–Crippen MR) is 108 cm³/mol. The van der Waals surface area contributed by atoms with Gasteiger partial charge in [-0.1, -0.05) is 6.07 Å². The summed E-state index contributed by atoms with van der Waals surface area (Å²) < 4.78 is 0. The third kappa shape index (κ3) is 3.94. The average Bonchev–Trinajstić information content (AvgIpc) is 3.31. The first-order valence-corrected chi connectivity index (χ1v) is 10.4. The number of nitrogens with zero attached hydrogens (tertiary/aromatic N) is 2. The number of piperazine rings is 1. The number of carbonyl (C=O) groups excluding carboxylic acids is 3. The second-order valence-corrected chi connectivity index (χ2v) is 8.32. The van der Waals surface area contributed by atoms with Crippen molar-refractivity contribution < 1.29 is 14.4 Å². The Morgan fingerprint density at radius 1 is 1.00 bits per heavy atom. The van der Waals surface area contributed by atoms with E-state index in [1.165, 1.54) is 11.8 Å². The van der Waals surface area contributed by atoms with Crippen molar-refractivity contribution in [3.63, 3.8) is 0 Å². The number of rotatable bonds is 4. The van der Waals surface area contributed by atoms with E-state index in [4.69, 9.17) is 0 Å². The fraction of sp³-hybridized carbons (Fsp3) is 0.381. The van der Waals surface area contributed by atoms with E-state index >= 15 is 0 Å². The summed E-state index contributed by atoms with van der Waals surface area (Å²) in [5.74, 6) is 0.544. The molecular formula is C21H23N3O3S. The lowest BCUT2D eigenvalue weighted by atomic mass is 10.1. The molecule has 7 heteroatoms. The number of benzene rings is 1. The van der Waals surface area contributed by atoms with Crippen LogP contribution >= 0.6 is 11.3 Å². The highest BCUT2D eigenvalue weighted by Crippen LogP contribution is 2.50. The van der Waals surface area contributed by atoms with Crippen molar-refractivity contribution in [2.45, 2.75) is 19.3 Å². The van der Waals surface area contributed by atoms with Crippen LogP contribution in [0.15, 0.2) is 41.8 Å². The molecule has 2 atom stereocenters. The zero-order valence-electron chi connectivity index (χ0n) is 15.8. The number of amides is 3. The van der Waals surface area contributed by atoms with E-state index in [-0.39, 0.29) is 23.6 Å². The van der Waals surface area contributed by atoms with Crippen LogP contribution in [-0.2, 0) is 9.59 Å². The van der Waals surface area contributed by atoms with E-state index < -0.39 is 0 Å². The molecule has 1 aliphatic carbocycles. The molecule has 1 saturated heterocycles. The Bertz CT molecular complexity index is 871. The monoisotopic (exact) mass is 397 g/mol. The maximum absolute atomic E-state index is 12.7. The predicted octanol–water partition coefficient (Wildman–Crippen LogP) is 2.79. The summed E-state index contributed by atoms with van der Waals surface area (Å²) in [6.07, 6.45) is 0.944. The highest BCUT2D eigenvalue weighted by Gasteiger charge is 2.46. The molecular weight excluding hydrogens is 374 g/mol. The largest absolute Gasteiger partial charge is 0.339 e. The summed E-state index contributed by atoms with van der Waals surface area (Å²) in [7, 11) is 0. The van der Waals surface area contributed by atoms with Gasteiger partial charge in [0, 0.05) is 61.1 Å².